The molecule has 0 radical (unpaired) electrons. The van der Waals surface area contributed by atoms with Crippen molar-refractivity contribution in [3.63, 3.8) is 0 Å². The highest BCUT2D eigenvalue weighted by Crippen LogP contribution is 2.57. The summed E-state index contributed by atoms with van der Waals surface area (Å²) in [7, 11) is -3.46. The molecule has 0 unspecified atom stereocenters. The van der Waals surface area contributed by atoms with Crippen LogP contribution in [0, 0.1) is 50.4 Å². The van der Waals surface area contributed by atoms with Gasteiger partial charge in [-0.25, -0.2) is 13.1 Å². The Hall–Kier alpha value is -0.870. The summed E-state index contributed by atoms with van der Waals surface area (Å²) in [5.41, 5.74) is 3.02. The van der Waals surface area contributed by atoms with E-state index in [4.69, 9.17) is 0 Å². The summed E-state index contributed by atoms with van der Waals surface area (Å²) in [5.74, 6) is 3.83. The van der Waals surface area contributed by atoms with E-state index in [2.05, 4.69) is 11.6 Å². The minimum Gasteiger partial charge on any atom is -0.208 e. The molecular formula is C21H31NO2S. The van der Waals surface area contributed by atoms with Gasteiger partial charge in [0.1, 0.15) is 0 Å². The molecule has 1 aromatic carbocycles. The molecular weight excluding hydrogens is 330 g/mol. The zero-order valence-corrected chi connectivity index (χ0v) is 16.7. The molecule has 4 saturated carbocycles. The van der Waals surface area contributed by atoms with Gasteiger partial charge in [-0.3, -0.25) is 0 Å². The maximum Gasteiger partial charge on any atom is 0.241 e. The SMILES string of the molecule is Cc1cc(C)c(S(=O)(=O)N[C@@H](C)C2C3CC4CC(C3)CC2C4)cc1C. The van der Waals surface area contributed by atoms with E-state index in [1.165, 1.54) is 32.1 Å². The zero-order chi connectivity index (χ0) is 17.9. The van der Waals surface area contributed by atoms with Gasteiger partial charge in [-0.1, -0.05) is 6.07 Å². The number of aryl methyl sites for hydroxylation is 3. The molecule has 4 aliphatic rings. The van der Waals surface area contributed by atoms with Crippen LogP contribution in [0.25, 0.3) is 0 Å². The lowest BCUT2D eigenvalue weighted by Crippen LogP contribution is -2.53. The lowest BCUT2D eigenvalue weighted by Gasteiger charge is -2.56. The Morgan fingerprint density at radius 2 is 1.40 bits per heavy atom. The number of rotatable bonds is 4. The van der Waals surface area contributed by atoms with Crippen molar-refractivity contribution in [2.75, 3.05) is 0 Å². The second-order valence-corrected chi connectivity index (χ2v) is 10.8. The Balaban J connectivity index is 1.56. The minimum atomic E-state index is -3.46. The van der Waals surface area contributed by atoms with E-state index in [1.807, 2.05) is 32.9 Å². The Morgan fingerprint density at radius 1 is 0.880 bits per heavy atom. The highest BCUT2D eigenvalue weighted by molar-refractivity contribution is 7.89. The third-order valence-corrected chi connectivity index (χ3v) is 9.00. The molecule has 1 N–H and O–H groups in total. The second kappa shape index (κ2) is 6.09. The summed E-state index contributed by atoms with van der Waals surface area (Å²) < 4.78 is 29.2. The van der Waals surface area contributed by atoms with E-state index in [9.17, 15) is 8.42 Å². The first-order valence-electron chi connectivity index (χ1n) is 9.84. The lowest BCUT2D eigenvalue weighted by atomic mass is 9.51. The molecule has 5 rings (SSSR count). The molecule has 1 aromatic rings. The van der Waals surface area contributed by atoms with Gasteiger partial charge in [0.2, 0.25) is 10.0 Å². The van der Waals surface area contributed by atoms with Gasteiger partial charge in [0.25, 0.3) is 0 Å². The van der Waals surface area contributed by atoms with E-state index in [0.29, 0.717) is 10.8 Å². The van der Waals surface area contributed by atoms with Gasteiger partial charge in [0.15, 0.2) is 0 Å². The van der Waals surface area contributed by atoms with Crippen LogP contribution in [0.2, 0.25) is 0 Å². The minimum absolute atomic E-state index is 0.0287. The first kappa shape index (κ1) is 17.5. The molecule has 0 heterocycles. The summed E-state index contributed by atoms with van der Waals surface area (Å²) in [4.78, 5) is 0.450. The van der Waals surface area contributed by atoms with E-state index < -0.39 is 10.0 Å². The second-order valence-electron chi connectivity index (χ2n) is 9.12. The lowest BCUT2D eigenvalue weighted by molar-refractivity contribution is -0.0463. The Labute approximate surface area is 152 Å². The van der Waals surface area contributed by atoms with Gasteiger partial charge < -0.3 is 0 Å². The van der Waals surface area contributed by atoms with E-state index in [1.54, 1.807) is 0 Å². The van der Waals surface area contributed by atoms with Crippen LogP contribution < -0.4 is 4.72 Å². The first-order chi connectivity index (χ1) is 11.7. The molecule has 0 saturated heterocycles. The van der Waals surface area contributed by atoms with Crippen LogP contribution in [-0.4, -0.2) is 14.5 Å². The van der Waals surface area contributed by atoms with Gasteiger partial charge in [-0.15, -0.1) is 0 Å². The molecule has 0 spiro atoms. The quantitative estimate of drug-likeness (QED) is 0.866. The summed E-state index contributed by atoms with van der Waals surface area (Å²) in [6.07, 6.45) is 6.74. The molecule has 0 aromatic heterocycles. The fourth-order valence-electron chi connectivity index (χ4n) is 6.39. The molecule has 138 valence electrons. The molecule has 3 nitrogen and oxygen atoms in total. The maximum absolute atomic E-state index is 13.1. The summed E-state index contributed by atoms with van der Waals surface area (Å²) >= 11 is 0. The van der Waals surface area contributed by atoms with E-state index in [0.717, 1.165) is 40.4 Å². The number of benzene rings is 1. The Kier molecular flexibility index (Phi) is 4.27. The Morgan fingerprint density at radius 3 is 1.96 bits per heavy atom. The van der Waals surface area contributed by atoms with Gasteiger partial charge in [-0.2, -0.15) is 0 Å². The highest BCUT2D eigenvalue weighted by atomic mass is 32.2. The van der Waals surface area contributed by atoms with Crippen LogP contribution in [0.1, 0.15) is 55.7 Å². The predicted molar refractivity (Wildman–Crippen MR) is 101 cm³/mol. The molecule has 0 aliphatic heterocycles. The van der Waals surface area contributed by atoms with Crippen LogP contribution in [0.5, 0.6) is 0 Å². The van der Waals surface area contributed by atoms with Crippen molar-refractivity contribution in [2.24, 2.45) is 29.6 Å². The van der Waals surface area contributed by atoms with Gasteiger partial charge in [0.05, 0.1) is 4.90 Å². The van der Waals surface area contributed by atoms with Crippen molar-refractivity contribution in [3.8, 4) is 0 Å². The predicted octanol–water partition coefficient (Wildman–Crippen LogP) is 4.35. The highest BCUT2D eigenvalue weighted by Gasteiger charge is 2.50. The van der Waals surface area contributed by atoms with Crippen LogP contribution in [0.4, 0.5) is 0 Å². The van der Waals surface area contributed by atoms with Crippen LogP contribution in [0.15, 0.2) is 17.0 Å². The van der Waals surface area contributed by atoms with Crippen LogP contribution >= 0.6 is 0 Å². The smallest absolute Gasteiger partial charge is 0.208 e. The van der Waals surface area contributed by atoms with Gasteiger partial charge >= 0.3 is 0 Å². The molecule has 4 bridgehead atoms. The number of hydrogen-bond acceptors (Lipinski definition) is 2. The van der Waals surface area contributed by atoms with Gasteiger partial charge in [-0.05, 0) is 112 Å². The van der Waals surface area contributed by atoms with Crippen molar-refractivity contribution < 1.29 is 8.42 Å². The number of sulfonamides is 1. The third kappa shape index (κ3) is 3.06. The topological polar surface area (TPSA) is 46.2 Å². The van der Waals surface area contributed by atoms with E-state index >= 15 is 0 Å². The van der Waals surface area contributed by atoms with Crippen molar-refractivity contribution in [1.82, 2.24) is 4.72 Å². The standard InChI is InChI=1S/C21H31NO2S/c1-12-5-14(3)20(6-13(12)2)25(23,24)22-15(4)21-18-8-16-7-17(10-18)11-19(21)9-16/h5-6,15-19,21-22H,7-11H2,1-4H3/t15-,16?,17?,18?,19?,21?/m0/s1. The van der Waals surface area contributed by atoms with Gasteiger partial charge in [0, 0.05) is 6.04 Å². The third-order valence-electron chi connectivity index (χ3n) is 7.30. The molecule has 0 amide bonds. The number of hydrogen-bond donors (Lipinski definition) is 1. The normalized spacial score (nSPS) is 35.1. The van der Waals surface area contributed by atoms with E-state index in [-0.39, 0.29) is 6.04 Å². The molecule has 4 fully saturated rings. The molecule has 1 atom stereocenters. The molecule has 4 aliphatic carbocycles. The van der Waals surface area contributed by atoms with Crippen LogP contribution in [-0.2, 0) is 10.0 Å². The maximum atomic E-state index is 13.1. The molecule has 25 heavy (non-hydrogen) atoms. The fraction of sp³-hybridized carbons (Fsp3) is 0.714. The number of nitrogens with one attached hydrogen (secondary N) is 1. The zero-order valence-electron chi connectivity index (χ0n) is 15.9. The average Bonchev–Trinajstić information content (AvgIpc) is 2.49. The monoisotopic (exact) mass is 361 g/mol. The van der Waals surface area contributed by atoms with Crippen molar-refractivity contribution in [3.05, 3.63) is 28.8 Å². The van der Waals surface area contributed by atoms with Crippen molar-refractivity contribution in [2.45, 2.75) is 70.7 Å². The Bertz CT molecular complexity index is 755. The van der Waals surface area contributed by atoms with Crippen LogP contribution in [0.3, 0.4) is 0 Å². The fourth-order valence-corrected chi connectivity index (χ4v) is 7.98. The molecule has 4 heteroatoms. The summed E-state index contributed by atoms with van der Waals surface area (Å²) in [5, 5.41) is 0. The summed E-state index contributed by atoms with van der Waals surface area (Å²) in [6.45, 7) is 8.01. The van der Waals surface area contributed by atoms with Crippen molar-refractivity contribution >= 4 is 10.0 Å². The first-order valence-corrected chi connectivity index (χ1v) is 11.3. The van der Waals surface area contributed by atoms with Crippen molar-refractivity contribution in [1.29, 1.82) is 0 Å². The largest absolute Gasteiger partial charge is 0.241 e. The average molecular weight is 362 g/mol. The summed E-state index contributed by atoms with van der Waals surface area (Å²) in [6, 6.07) is 3.84.